The fraction of sp³-hybridized carbons (Fsp3) is 0.500. The first-order valence-electron chi connectivity index (χ1n) is 7.16. The molecule has 1 aliphatic heterocycles. The van der Waals surface area contributed by atoms with E-state index >= 15 is 0 Å². The molecule has 1 amide bonds. The van der Waals surface area contributed by atoms with Crippen LogP contribution in [0, 0.1) is 6.92 Å². The van der Waals surface area contributed by atoms with Crippen molar-refractivity contribution < 1.29 is 4.79 Å². The number of benzene rings is 1. The van der Waals surface area contributed by atoms with Crippen molar-refractivity contribution in [2.75, 3.05) is 19.3 Å². The number of hydrogen-bond acceptors (Lipinski definition) is 3. The van der Waals surface area contributed by atoms with Crippen molar-refractivity contribution in [1.29, 1.82) is 0 Å². The van der Waals surface area contributed by atoms with Crippen LogP contribution in [0.2, 0.25) is 0 Å². The highest BCUT2D eigenvalue weighted by Gasteiger charge is 2.37. The Hall–Kier alpha value is -1.07. The van der Waals surface area contributed by atoms with Crippen LogP contribution in [0.3, 0.4) is 0 Å². The molecule has 0 unspecified atom stereocenters. The highest BCUT2D eigenvalue weighted by atomic mass is 32.2. The van der Waals surface area contributed by atoms with Crippen LogP contribution in [0.5, 0.6) is 0 Å². The molecular weight excluding hydrogens is 300 g/mol. The third-order valence-corrected chi connectivity index (χ3v) is 6.30. The Morgan fingerprint density at radius 1 is 1.38 bits per heavy atom. The molecule has 21 heavy (non-hydrogen) atoms. The monoisotopic (exact) mass is 322 g/mol. The number of amides is 1. The van der Waals surface area contributed by atoms with Gasteiger partial charge in [0.15, 0.2) is 0 Å². The first kappa shape index (κ1) is 16.3. The summed E-state index contributed by atoms with van der Waals surface area (Å²) < 4.78 is -0.130. The van der Waals surface area contributed by atoms with Gasteiger partial charge in [-0.15, -0.1) is 0 Å². The molecule has 1 saturated heterocycles. The lowest BCUT2D eigenvalue weighted by Crippen LogP contribution is -2.51. The zero-order valence-electron chi connectivity index (χ0n) is 12.6. The summed E-state index contributed by atoms with van der Waals surface area (Å²) in [5, 5.41) is 0. The fourth-order valence-corrected chi connectivity index (χ4v) is 4.00. The Morgan fingerprint density at radius 2 is 2.00 bits per heavy atom. The summed E-state index contributed by atoms with van der Waals surface area (Å²) in [6.45, 7) is 3.52. The van der Waals surface area contributed by atoms with Gasteiger partial charge < -0.3 is 10.6 Å². The average molecular weight is 322 g/mol. The van der Waals surface area contributed by atoms with Gasteiger partial charge in [-0.1, -0.05) is 36.5 Å². The molecule has 1 aromatic rings. The molecule has 1 aromatic carbocycles. The van der Waals surface area contributed by atoms with E-state index in [1.165, 1.54) is 5.56 Å². The lowest BCUT2D eigenvalue weighted by molar-refractivity contribution is -0.131. The Kier molecular flexibility index (Phi) is 5.27. The molecule has 1 heterocycles. The van der Waals surface area contributed by atoms with Gasteiger partial charge in [-0.2, -0.15) is 11.8 Å². The number of nitrogens with two attached hydrogens (primary N) is 1. The van der Waals surface area contributed by atoms with Crippen LogP contribution in [0.15, 0.2) is 24.3 Å². The second kappa shape index (κ2) is 6.79. The van der Waals surface area contributed by atoms with Crippen LogP contribution >= 0.6 is 24.0 Å². The van der Waals surface area contributed by atoms with E-state index in [1.807, 2.05) is 42.3 Å². The largest absolute Gasteiger partial charge is 0.392 e. The van der Waals surface area contributed by atoms with E-state index in [9.17, 15) is 4.79 Å². The molecule has 0 spiro atoms. The van der Waals surface area contributed by atoms with E-state index < -0.39 is 0 Å². The van der Waals surface area contributed by atoms with E-state index in [4.69, 9.17) is 18.0 Å². The standard InChI is InChI=1S/C16H22N2OS2/c1-12-5-3-4-6-13(12)11-14(19)18-9-7-16(21-2,8-10-18)15(17)20/h3-6H,7-11H2,1-2H3,(H2,17,20). The van der Waals surface area contributed by atoms with Crippen molar-refractivity contribution in [3.05, 3.63) is 35.4 Å². The minimum absolute atomic E-state index is 0.130. The quantitative estimate of drug-likeness (QED) is 0.866. The number of carbonyl (C=O) groups excluding carboxylic acids is 1. The summed E-state index contributed by atoms with van der Waals surface area (Å²) in [6.07, 6.45) is 4.22. The minimum Gasteiger partial charge on any atom is -0.392 e. The number of thiocarbonyl (C=S) groups is 1. The first-order valence-corrected chi connectivity index (χ1v) is 8.79. The summed E-state index contributed by atoms with van der Waals surface area (Å²) in [5.74, 6) is 0.196. The van der Waals surface area contributed by atoms with Crippen molar-refractivity contribution in [2.24, 2.45) is 5.73 Å². The molecule has 0 radical (unpaired) electrons. The maximum absolute atomic E-state index is 12.4. The number of thioether (sulfide) groups is 1. The number of hydrogen-bond donors (Lipinski definition) is 1. The molecule has 0 aliphatic carbocycles. The Morgan fingerprint density at radius 3 is 2.52 bits per heavy atom. The van der Waals surface area contributed by atoms with Gasteiger partial charge in [-0.05, 0) is 37.1 Å². The maximum Gasteiger partial charge on any atom is 0.227 e. The Labute approximate surface area is 136 Å². The van der Waals surface area contributed by atoms with Gasteiger partial charge in [-0.25, -0.2) is 0 Å². The summed E-state index contributed by atoms with van der Waals surface area (Å²) in [4.78, 5) is 15.0. The molecule has 0 atom stereocenters. The van der Waals surface area contributed by atoms with Crippen molar-refractivity contribution in [2.45, 2.75) is 30.9 Å². The Bertz CT molecular complexity index is 537. The van der Waals surface area contributed by atoms with E-state index in [1.54, 1.807) is 11.8 Å². The third-order valence-electron chi connectivity index (χ3n) is 4.37. The molecule has 0 bridgehead atoms. The second-order valence-corrected chi connectivity index (χ2v) is 7.18. The van der Waals surface area contributed by atoms with Gasteiger partial charge in [0.25, 0.3) is 0 Å². The van der Waals surface area contributed by atoms with Crippen LogP contribution < -0.4 is 5.73 Å². The number of carbonyl (C=O) groups is 1. The van der Waals surface area contributed by atoms with E-state index in [0.29, 0.717) is 11.4 Å². The lowest BCUT2D eigenvalue weighted by Gasteiger charge is -2.40. The van der Waals surface area contributed by atoms with Crippen molar-refractivity contribution in [3.8, 4) is 0 Å². The molecule has 2 N–H and O–H groups in total. The molecule has 0 aromatic heterocycles. The summed E-state index contributed by atoms with van der Waals surface area (Å²) in [7, 11) is 0. The van der Waals surface area contributed by atoms with Crippen LogP contribution in [-0.2, 0) is 11.2 Å². The molecule has 2 rings (SSSR count). The lowest BCUT2D eigenvalue weighted by atomic mass is 9.95. The topological polar surface area (TPSA) is 46.3 Å². The van der Waals surface area contributed by atoms with Crippen LogP contribution in [0.25, 0.3) is 0 Å². The summed E-state index contributed by atoms with van der Waals surface area (Å²) in [5.41, 5.74) is 8.17. The van der Waals surface area contributed by atoms with Crippen LogP contribution in [0.1, 0.15) is 24.0 Å². The number of piperidine rings is 1. The van der Waals surface area contributed by atoms with E-state index in [-0.39, 0.29) is 10.7 Å². The van der Waals surface area contributed by atoms with Gasteiger partial charge in [0.2, 0.25) is 5.91 Å². The van der Waals surface area contributed by atoms with E-state index in [2.05, 4.69) is 0 Å². The van der Waals surface area contributed by atoms with E-state index in [0.717, 1.165) is 31.5 Å². The van der Waals surface area contributed by atoms with Crippen LogP contribution in [0.4, 0.5) is 0 Å². The van der Waals surface area contributed by atoms with Gasteiger partial charge in [-0.3, -0.25) is 4.79 Å². The Balaban J connectivity index is 1.98. The van der Waals surface area contributed by atoms with Crippen molar-refractivity contribution >= 4 is 34.9 Å². The predicted octanol–water partition coefficient (Wildman–Crippen LogP) is 2.55. The second-order valence-electron chi connectivity index (χ2n) is 5.55. The van der Waals surface area contributed by atoms with Gasteiger partial charge in [0, 0.05) is 13.1 Å². The smallest absolute Gasteiger partial charge is 0.227 e. The number of aryl methyl sites for hydroxylation is 1. The third kappa shape index (κ3) is 3.58. The molecule has 114 valence electrons. The van der Waals surface area contributed by atoms with Gasteiger partial charge >= 0.3 is 0 Å². The minimum atomic E-state index is -0.130. The highest BCUT2D eigenvalue weighted by molar-refractivity contribution is 8.02. The predicted molar refractivity (Wildman–Crippen MR) is 93.7 cm³/mol. The highest BCUT2D eigenvalue weighted by Crippen LogP contribution is 2.35. The zero-order valence-corrected chi connectivity index (χ0v) is 14.2. The first-order chi connectivity index (χ1) is 9.98. The summed E-state index contributed by atoms with van der Waals surface area (Å²) in [6, 6.07) is 8.06. The fourth-order valence-electron chi connectivity index (χ4n) is 2.75. The maximum atomic E-state index is 12.4. The number of likely N-dealkylation sites (tertiary alicyclic amines) is 1. The number of rotatable bonds is 4. The molecule has 3 nitrogen and oxygen atoms in total. The average Bonchev–Trinajstić information content (AvgIpc) is 2.49. The van der Waals surface area contributed by atoms with Crippen molar-refractivity contribution in [1.82, 2.24) is 4.90 Å². The normalized spacial score (nSPS) is 17.5. The zero-order chi connectivity index (χ0) is 15.5. The molecular formula is C16H22N2OS2. The van der Waals surface area contributed by atoms with Crippen LogP contribution in [-0.4, -0.2) is 39.9 Å². The number of nitrogens with zero attached hydrogens (tertiary/aromatic N) is 1. The molecule has 0 saturated carbocycles. The van der Waals surface area contributed by atoms with Gasteiger partial charge in [0.05, 0.1) is 16.2 Å². The molecule has 1 aliphatic rings. The SMILES string of the molecule is CSC1(C(N)=S)CCN(C(=O)Cc2ccccc2C)CC1. The van der Waals surface area contributed by atoms with Crippen molar-refractivity contribution in [3.63, 3.8) is 0 Å². The summed E-state index contributed by atoms with van der Waals surface area (Å²) >= 11 is 6.92. The molecule has 5 heteroatoms. The molecule has 1 fully saturated rings. The van der Waals surface area contributed by atoms with Gasteiger partial charge in [0.1, 0.15) is 0 Å².